The second-order valence-corrected chi connectivity index (χ2v) is 6.30. The molecule has 0 saturated heterocycles. The zero-order valence-electron chi connectivity index (χ0n) is 8.99. The van der Waals surface area contributed by atoms with Crippen LogP contribution in [0.5, 0.6) is 0 Å². The Morgan fingerprint density at radius 3 is 3.00 bits per heavy atom. The molecule has 1 aromatic heterocycles. The van der Waals surface area contributed by atoms with Crippen molar-refractivity contribution in [2.24, 2.45) is 10.4 Å². The van der Waals surface area contributed by atoms with Crippen molar-refractivity contribution in [1.82, 2.24) is 10.3 Å². The number of aromatic nitrogens is 1. The van der Waals surface area contributed by atoms with Crippen molar-refractivity contribution in [1.29, 1.82) is 0 Å². The predicted octanol–water partition coefficient (Wildman–Crippen LogP) is 2.36. The molecule has 2 heterocycles. The Hall–Kier alpha value is -0.550. The molecule has 0 aromatic carbocycles. The number of nitrogens with zero attached hydrogens (tertiary/aromatic N) is 2. The molecule has 0 aliphatic carbocycles. The summed E-state index contributed by atoms with van der Waals surface area (Å²) in [6.45, 7) is 6.21. The van der Waals surface area contributed by atoms with E-state index in [0.29, 0.717) is 5.41 Å². The maximum Gasteiger partial charge on any atom is 0.156 e. The molecule has 0 bridgehead atoms. The van der Waals surface area contributed by atoms with Crippen LogP contribution >= 0.6 is 23.1 Å². The Morgan fingerprint density at radius 1 is 1.53 bits per heavy atom. The van der Waals surface area contributed by atoms with Gasteiger partial charge in [-0.15, -0.1) is 11.3 Å². The van der Waals surface area contributed by atoms with Gasteiger partial charge in [0.1, 0.15) is 5.01 Å². The number of rotatable bonds is 2. The minimum absolute atomic E-state index is 0.344. The predicted molar refractivity (Wildman–Crippen MR) is 67.5 cm³/mol. The van der Waals surface area contributed by atoms with E-state index in [2.05, 4.69) is 29.1 Å². The lowest BCUT2D eigenvalue weighted by atomic mass is 9.97. The van der Waals surface area contributed by atoms with Crippen molar-refractivity contribution in [2.45, 2.75) is 20.4 Å². The van der Waals surface area contributed by atoms with E-state index in [1.165, 1.54) is 0 Å². The zero-order chi connectivity index (χ0) is 10.7. The molecule has 15 heavy (non-hydrogen) atoms. The highest BCUT2D eigenvalue weighted by atomic mass is 32.2. The molecule has 1 aliphatic heterocycles. The molecular weight excluding hydrogens is 226 g/mol. The van der Waals surface area contributed by atoms with E-state index >= 15 is 0 Å². The van der Waals surface area contributed by atoms with Gasteiger partial charge in [-0.25, -0.2) is 4.98 Å². The maximum atomic E-state index is 4.53. The quantitative estimate of drug-likeness (QED) is 0.863. The van der Waals surface area contributed by atoms with Gasteiger partial charge in [-0.1, -0.05) is 25.6 Å². The molecule has 1 aromatic rings. The molecule has 0 unspecified atom stereocenters. The van der Waals surface area contributed by atoms with Gasteiger partial charge in [0.05, 0.1) is 6.54 Å². The average Bonchev–Trinajstić information content (AvgIpc) is 2.69. The topological polar surface area (TPSA) is 37.3 Å². The van der Waals surface area contributed by atoms with Gasteiger partial charge in [0.2, 0.25) is 0 Å². The summed E-state index contributed by atoms with van der Waals surface area (Å²) in [5, 5.41) is 7.49. The van der Waals surface area contributed by atoms with Crippen LogP contribution in [0.4, 0.5) is 0 Å². The number of nitrogens with one attached hydrogen (secondary N) is 1. The second-order valence-electron chi connectivity index (χ2n) is 4.35. The smallest absolute Gasteiger partial charge is 0.156 e. The minimum Gasteiger partial charge on any atom is -0.358 e. The van der Waals surface area contributed by atoms with Crippen LogP contribution in [0.25, 0.3) is 0 Å². The van der Waals surface area contributed by atoms with Crippen molar-refractivity contribution < 1.29 is 0 Å². The Kier molecular flexibility index (Phi) is 3.31. The van der Waals surface area contributed by atoms with E-state index < -0.39 is 0 Å². The molecule has 0 spiro atoms. The molecule has 0 radical (unpaired) electrons. The number of thiazole rings is 1. The van der Waals surface area contributed by atoms with E-state index in [9.17, 15) is 0 Å². The van der Waals surface area contributed by atoms with Crippen molar-refractivity contribution in [3.63, 3.8) is 0 Å². The summed E-state index contributed by atoms with van der Waals surface area (Å²) in [6.07, 6.45) is 1.83. The van der Waals surface area contributed by atoms with E-state index in [0.717, 1.165) is 29.0 Å². The first-order chi connectivity index (χ1) is 7.16. The second kappa shape index (κ2) is 4.53. The summed E-state index contributed by atoms with van der Waals surface area (Å²) >= 11 is 3.48. The fourth-order valence-corrected chi connectivity index (χ4v) is 2.74. The molecular formula is C10H15N3S2. The number of thioether (sulfide) groups is 1. The Labute approximate surface area is 98.4 Å². The summed E-state index contributed by atoms with van der Waals surface area (Å²) in [5.74, 6) is 1.14. The van der Waals surface area contributed by atoms with E-state index in [-0.39, 0.29) is 0 Å². The molecule has 3 nitrogen and oxygen atoms in total. The van der Waals surface area contributed by atoms with Crippen molar-refractivity contribution >= 4 is 28.3 Å². The third-order valence-electron chi connectivity index (χ3n) is 2.12. The van der Waals surface area contributed by atoms with Crippen molar-refractivity contribution in [3.05, 3.63) is 16.6 Å². The molecule has 82 valence electrons. The third-order valence-corrected chi connectivity index (χ3v) is 4.38. The number of hydrogen-bond donors (Lipinski definition) is 1. The van der Waals surface area contributed by atoms with Crippen LogP contribution < -0.4 is 5.32 Å². The van der Waals surface area contributed by atoms with Crippen LogP contribution in [-0.4, -0.2) is 22.4 Å². The first kappa shape index (κ1) is 11.0. The Bertz CT molecular complexity index is 344. The zero-order valence-corrected chi connectivity index (χ0v) is 10.6. The average molecular weight is 241 g/mol. The summed E-state index contributed by atoms with van der Waals surface area (Å²) < 4.78 is 0. The summed E-state index contributed by atoms with van der Waals surface area (Å²) in [7, 11) is 0. The van der Waals surface area contributed by atoms with Gasteiger partial charge in [-0.05, 0) is 5.41 Å². The van der Waals surface area contributed by atoms with Crippen molar-refractivity contribution in [2.75, 3.05) is 12.3 Å². The summed E-state index contributed by atoms with van der Waals surface area (Å²) in [5.41, 5.74) is 0.344. The molecule has 0 amide bonds. The first-order valence-electron chi connectivity index (χ1n) is 4.95. The highest BCUT2D eigenvalue weighted by Gasteiger charge is 2.23. The SMILES string of the molecule is CC1(C)CN=C(NCc2nccs2)SC1. The van der Waals surface area contributed by atoms with Gasteiger partial charge in [-0.2, -0.15) is 0 Å². The summed E-state index contributed by atoms with van der Waals surface area (Å²) in [4.78, 5) is 8.75. The van der Waals surface area contributed by atoms with Crippen LogP contribution in [-0.2, 0) is 6.54 Å². The molecule has 2 rings (SSSR count). The molecule has 0 fully saturated rings. The van der Waals surface area contributed by atoms with E-state index in [1.807, 2.05) is 23.3 Å². The monoisotopic (exact) mass is 241 g/mol. The van der Waals surface area contributed by atoms with E-state index in [4.69, 9.17) is 0 Å². The lowest BCUT2D eigenvalue weighted by Gasteiger charge is -2.27. The number of hydrogen-bond acceptors (Lipinski definition) is 5. The fourth-order valence-electron chi connectivity index (χ4n) is 1.24. The molecule has 1 N–H and O–H groups in total. The third kappa shape index (κ3) is 3.21. The van der Waals surface area contributed by atoms with Gasteiger partial charge in [0, 0.05) is 23.9 Å². The van der Waals surface area contributed by atoms with Crippen LogP contribution in [0.15, 0.2) is 16.6 Å². The van der Waals surface area contributed by atoms with Gasteiger partial charge in [-0.3, -0.25) is 4.99 Å². The number of amidine groups is 1. The number of aliphatic imine (C=N–C) groups is 1. The summed E-state index contributed by atoms with van der Waals surface area (Å²) in [6, 6.07) is 0. The van der Waals surface area contributed by atoms with Crippen LogP contribution in [0, 0.1) is 5.41 Å². The highest BCUT2D eigenvalue weighted by Crippen LogP contribution is 2.27. The van der Waals surface area contributed by atoms with Crippen LogP contribution in [0.3, 0.4) is 0 Å². The molecule has 0 atom stereocenters. The Morgan fingerprint density at radius 2 is 2.40 bits per heavy atom. The minimum atomic E-state index is 0.344. The van der Waals surface area contributed by atoms with Crippen molar-refractivity contribution in [3.8, 4) is 0 Å². The van der Waals surface area contributed by atoms with Gasteiger partial charge >= 0.3 is 0 Å². The van der Waals surface area contributed by atoms with Crippen LogP contribution in [0.2, 0.25) is 0 Å². The maximum absolute atomic E-state index is 4.53. The van der Waals surface area contributed by atoms with Gasteiger partial charge in [0.15, 0.2) is 5.17 Å². The van der Waals surface area contributed by atoms with Crippen LogP contribution in [0.1, 0.15) is 18.9 Å². The Balaban J connectivity index is 1.84. The van der Waals surface area contributed by atoms with Gasteiger partial charge < -0.3 is 5.32 Å². The molecule has 5 heteroatoms. The molecule has 0 saturated carbocycles. The highest BCUT2D eigenvalue weighted by molar-refractivity contribution is 8.13. The largest absolute Gasteiger partial charge is 0.358 e. The first-order valence-corrected chi connectivity index (χ1v) is 6.82. The fraction of sp³-hybridized carbons (Fsp3) is 0.600. The van der Waals surface area contributed by atoms with E-state index in [1.54, 1.807) is 11.3 Å². The lowest BCUT2D eigenvalue weighted by molar-refractivity contribution is 0.436. The molecule has 1 aliphatic rings. The van der Waals surface area contributed by atoms with Gasteiger partial charge in [0.25, 0.3) is 0 Å². The lowest BCUT2D eigenvalue weighted by Crippen LogP contribution is -2.30. The normalized spacial score (nSPS) is 19.7. The standard InChI is InChI=1S/C10H15N3S2/c1-10(2)6-13-9(15-7-10)12-5-8-11-3-4-14-8/h3-4H,5-7H2,1-2H3,(H,12,13).